The number of amides is 1. The SMILES string of the molecule is COCCCN1C(=O)c2cccc3c(CC(=O)C4CCCCN4S(=O)(=O)c4ccccc4)ccc1c23. The smallest absolute Gasteiger partial charge is 0.258 e. The second kappa shape index (κ2) is 10.1. The van der Waals surface area contributed by atoms with E-state index < -0.39 is 16.1 Å². The van der Waals surface area contributed by atoms with Gasteiger partial charge in [-0.1, -0.05) is 42.8 Å². The van der Waals surface area contributed by atoms with Crippen molar-refractivity contribution in [3.8, 4) is 0 Å². The zero-order valence-corrected chi connectivity index (χ0v) is 21.2. The van der Waals surface area contributed by atoms with E-state index in [0.717, 1.165) is 41.3 Å². The number of carbonyl (C=O) groups excluding carboxylic acids is 2. The molecule has 1 fully saturated rings. The van der Waals surface area contributed by atoms with E-state index in [9.17, 15) is 18.0 Å². The Bertz CT molecular complexity index is 1400. The molecule has 0 saturated carbocycles. The number of rotatable bonds is 9. The van der Waals surface area contributed by atoms with Crippen LogP contribution in [0.25, 0.3) is 10.8 Å². The molecule has 0 aromatic heterocycles. The van der Waals surface area contributed by atoms with Gasteiger partial charge in [0.25, 0.3) is 5.91 Å². The maximum atomic E-state index is 13.6. The summed E-state index contributed by atoms with van der Waals surface area (Å²) in [6.07, 6.45) is 2.90. The molecule has 2 heterocycles. The highest BCUT2D eigenvalue weighted by atomic mass is 32.2. The van der Waals surface area contributed by atoms with Crippen molar-refractivity contribution in [2.75, 3.05) is 31.7 Å². The molecule has 5 rings (SSSR count). The van der Waals surface area contributed by atoms with Crippen LogP contribution in [-0.2, 0) is 26.0 Å². The predicted molar refractivity (Wildman–Crippen MR) is 139 cm³/mol. The molecule has 0 bridgehead atoms. The maximum Gasteiger partial charge on any atom is 0.258 e. The third-order valence-electron chi connectivity index (χ3n) is 7.15. The molecule has 7 nitrogen and oxygen atoms in total. The van der Waals surface area contributed by atoms with Gasteiger partial charge in [-0.15, -0.1) is 0 Å². The van der Waals surface area contributed by atoms with Crippen LogP contribution in [0, 0.1) is 0 Å². The molecule has 3 aromatic carbocycles. The molecule has 1 unspecified atom stereocenters. The van der Waals surface area contributed by atoms with Crippen molar-refractivity contribution in [2.24, 2.45) is 0 Å². The molecule has 1 saturated heterocycles. The fraction of sp³-hybridized carbons (Fsp3) is 0.357. The van der Waals surface area contributed by atoms with Gasteiger partial charge in [-0.2, -0.15) is 4.31 Å². The van der Waals surface area contributed by atoms with Gasteiger partial charge in [-0.3, -0.25) is 9.59 Å². The number of hydrogen-bond acceptors (Lipinski definition) is 5. The third-order valence-corrected chi connectivity index (χ3v) is 9.07. The summed E-state index contributed by atoms with van der Waals surface area (Å²) in [5.74, 6) is -0.154. The lowest BCUT2D eigenvalue weighted by Crippen LogP contribution is -2.48. The topological polar surface area (TPSA) is 84.0 Å². The summed E-state index contributed by atoms with van der Waals surface area (Å²) in [4.78, 5) is 28.7. The van der Waals surface area contributed by atoms with Crippen LogP contribution in [0.5, 0.6) is 0 Å². The van der Waals surface area contributed by atoms with Crippen molar-refractivity contribution in [1.82, 2.24) is 4.31 Å². The fourth-order valence-corrected chi connectivity index (χ4v) is 7.10. The Morgan fingerprint density at radius 1 is 1.03 bits per heavy atom. The van der Waals surface area contributed by atoms with E-state index in [4.69, 9.17) is 4.74 Å². The first-order chi connectivity index (χ1) is 17.4. The van der Waals surface area contributed by atoms with E-state index in [0.29, 0.717) is 31.7 Å². The first-order valence-electron chi connectivity index (χ1n) is 12.4. The van der Waals surface area contributed by atoms with E-state index in [1.807, 2.05) is 30.3 Å². The van der Waals surface area contributed by atoms with Gasteiger partial charge >= 0.3 is 0 Å². The van der Waals surface area contributed by atoms with Crippen LogP contribution in [0.15, 0.2) is 65.6 Å². The lowest BCUT2D eigenvalue weighted by molar-refractivity contribution is -0.122. The Kier molecular flexibility index (Phi) is 6.92. The van der Waals surface area contributed by atoms with Crippen LogP contribution in [-0.4, -0.2) is 57.3 Å². The predicted octanol–water partition coefficient (Wildman–Crippen LogP) is 4.19. The zero-order chi connectivity index (χ0) is 25.3. The van der Waals surface area contributed by atoms with Crippen LogP contribution in [0.4, 0.5) is 5.69 Å². The molecule has 0 aliphatic carbocycles. The number of sulfonamides is 1. The van der Waals surface area contributed by atoms with Crippen molar-refractivity contribution < 1.29 is 22.7 Å². The van der Waals surface area contributed by atoms with E-state index in [-0.39, 0.29) is 23.0 Å². The van der Waals surface area contributed by atoms with Gasteiger partial charge in [0.2, 0.25) is 10.0 Å². The number of ketones is 1. The summed E-state index contributed by atoms with van der Waals surface area (Å²) in [5.41, 5.74) is 2.30. The normalized spacial score (nSPS) is 18.2. The number of benzene rings is 3. The molecule has 2 aliphatic rings. The Balaban J connectivity index is 1.44. The van der Waals surface area contributed by atoms with Crippen molar-refractivity contribution in [3.63, 3.8) is 0 Å². The van der Waals surface area contributed by atoms with Gasteiger partial charge < -0.3 is 9.64 Å². The molecule has 2 aliphatic heterocycles. The summed E-state index contributed by atoms with van der Waals surface area (Å²) in [7, 11) is -2.13. The van der Waals surface area contributed by atoms with Crippen molar-refractivity contribution in [3.05, 3.63) is 71.8 Å². The van der Waals surface area contributed by atoms with Gasteiger partial charge in [0, 0.05) is 44.2 Å². The molecule has 0 spiro atoms. The standard InChI is InChI=1S/C28H30N2O5S/c1-35-18-8-16-29-25-15-14-20(22-11-7-12-23(27(22)25)28(29)32)19-26(31)24-13-5-6-17-30(24)36(33,34)21-9-3-2-4-10-21/h2-4,7,9-12,14-15,24H,5-6,8,13,16-19H2,1H3. The molecule has 0 N–H and O–H groups in total. The summed E-state index contributed by atoms with van der Waals surface area (Å²) in [6.45, 7) is 1.46. The largest absolute Gasteiger partial charge is 0.385 e. The van der Waals surface area contributed by atoms with Crippen LogP contribution >= 0.6 is 0 Å². The molecule has 3 aromatic rings. The lowest BCUT2D eigenvalue weighted by Gasteiger charge is -2.33. The monoisotopic (exact) mass is 506 g/mol. The number of methoxy groups -OCH3 is 1. The van der Waals surface area contributed by atoms with Gasteiger partial charge in [0.15, 0.2) is 5.78 Å². The van der Waals surface area contributed by atoms with Crippen molar-refractivity contribution in [1.29, 1.82) is 0 Å². The number of nitrogens with zero attached hydrogens (tertiary/aromatic N) is 2. The Morgan fingerprint density at radius 3 is 2.61 bits per heavy atom. The first kappa shape index (κ1) is 24.6. The van der Waals surface area contributed by atoms with Gasteiger partial charge in [-0.25, -0.2) is 8.42 Å². The number of piperidine rings is 1. The summed E-state index contributed by atoms with van der Waals surface area (Å²) in [6, 6.07) is 17.0. The van der Waals surface area contributed by atoms with Gasteiger partial charge in [-0.05, 0) is 54.5 Å². The zero-order valence-electron chi connectivity index (χ0n) is 20.4. The summed E-state index contributed by atoms with van der Waals surface area (Å²) in [5, 5.41) is 1.73. The minimum atomic E-state index is -3.77. The second-order valence-corrected chi connectivity index (χ2v) is 11.2. The minimum absolute atomic E-state index is 0.0393. The van der Waals surface area contributed by atoms with Crippen molar-refractivity contribution in [2.45, 2.75) is 43.0 Å². The summed E-state index contributed by atoms with van der Waals surface area (Å²) < 4.78 is 33.3. The molecule has 188 valence electrons. The van der Waals surface area contributed by atoms with E-state index in [1.54, 1.807) is 42.3 Å². The minimum Gasteiger partial charge on any atom is -0.385 e. The number of anilines is 1. The number of ether oxygens (including phenoxy) is 1. The van der Waals surface area contributed by atoms with Gasteiger partial charge in [0.05, 0.1) is 16.6 Å². The van der Waals surface area contributed by atoms with Crippen LogP contribution < -0.4 is 4.90 Å². The van der Waals surface area contributed by atoms with E-state index >= 15 is 0 Å². The molecule has 1 atom stereocenters. The molecule has 1 amide bonds. The molecule has 36 heavy (non-hydrogen) atoms. The van der Waals surface area contributed by atoms with Crippen molar-refractivity contribution >= 4 is 38.2 Å². The first-order valence-corrected chi connectivity index (χ1v) is 13.8. The second-order valence-electron chi connectivity index (χ2n) is 9.36. The highest BCUT2D eigenvalue weighted by Gasteiger charge is 2.38. The lowest BCUT2D eigenvalue weighted by atomic mass is 9.93. The van der Waals surface area contributed by atoms with Crippen LogP contribution in [0.2, 0.25) is 0 Å². The molecule has 0 radical (unpaired) electrons. The Labute approximate surface area is 211 Å². The highest BCUT2D eigenvalue weighted by Crippen LogP contribution is 2.39. The number of carbonyl (C=O) groups is 2. The van der Waals surface area contributed by atoms with E-state index in [2.05, 4.69) is 0 Å². The maximum absolute atomic E-state index is 13.6. The summed E-state index contributed by atoms with van der Waals surface area (Å²) >= 11 is 0. The number of Topliss-reactive ketones (excluding diaryl/α,β-unsaturated/α-hetero) is 1. The molecular weight excluding hydrogens is 476 g/mol. The van der Waals surface area contributed by atoms with Crippen LogP contribution in [0.1, 0.15) is 41.6 Å². The quantitative estimate of drug-likeness (QED) is 0.407. The highest BCUT2D eigenvalue weighted by molar-refractivity contribution is 7.89. The molecule has 8 heteroatoms. The Morgan fingerprint density at radius 2 is 1.83 bits per heavy atom. The van der Waals surface area contributed by atoms with Crippen LogP contribution in [0.3, 0.4) is 0 Å². The average molecular weight is 507 g/mol. The molecular formula is C28H30N2O5S. The average Bonchev–Trinajstić information content (AvgIpc) is 3.18. The Hall–Kier alpha value is -3.07. The third kappa shape index (κ3) is 4.34. The number of hydrogen-bond donors (Lipinski definition) is 0. The fourth-order valence-electron chi connectivity index (χ4n) is 5.40. The van der Waals surface area contributed by atoms with E-state index in [1.165, 1.54) is 4.31 Å². The van der Waals surface area contributed by atoms with Gasteiger partial charge in [0.1, 0.15) is 0 Å².